The summed E-state index contributed by atoms with van der Waals surface area (Å²) in [6, 6.07) is 11.6. The molecule has 1 unspecified atom stereocenters. The molecule has 0 aliphatic rings. The van der Waals surface area contributed by atoms with Gasteiger partial charge in [0.1, 0.15) is 11.9 Å². The Balaban J connectivity index is 2.10. The minimum atomic E-state index is -0.263. The van der Waals surface area contributed by atoms with Gasteiger partial charge in [-0.2, -0.15) is 5.26 Å². The Bertz CT molecular complexity index is 897. The Morgan fingerprint density at radius 2 is 1.83 bits per heavy atom. The summed E-state index contributed by atoms with van der Waals surface area (Å²) in [4.78, 5) is 13.0. The quantitative estimate of drug-likeness (QED) is 0.794. The summed E-state index contributed by atoms with van der Waals surface area (Å²) in [6.07, 6.45) is 4.27. The van der Waals surface area contributed by atoms with E-state index in [1.807, 2.05) is 30.3 Å². The number of hydrogen-bond donors (Lipinski definition) is 1. The first-order chi connectivity index (χ1) is 11.6. The summed E-state index contributed by atoms with van der Waals surface area (Å²) in [6.45, 7) is 4.21. The molecule has 3 rings (SSSR count). The third kappa shape index (κ3) is 3.24. The molecule has 2 heterocycles. The van der Waals surface area contributed by atoms with Crippen molar-refractivity contribution in [2.24, 2.45) is 11.7 Å². The Morgan fingerprint density at radius 3 is 2.50 bits per heavy atom. The number of hydrogen-bond acceptors (Lipinski definition) is 5. The van der Waals surface area contributed by atoms with Gasteiger partial charge in [0.2, 0.25) is 0 Å². The average molecular weight is 317 g/mol. The van der Waals surface area contributed by atoms with E-state index in [0.717, 1.165) is 28.5 Å². The Labute approximate surface area is 141 Å². The van der Waals surface area contributed by atoms with Crippen LogP contribution in [0, 0.1) is 17.2 Å². The van der Waals surface area contributed by atoms with Crippen LogP contribution in [0.15, 0.2) is 42.7 Å². The van der Waals surface area contributed by atoms with Gasteiger partial charge in [-0.3, -0.25) is 4.98 Å². The number of benzene rings is 1. The maximum atomic E-state index is 9.49. The largest absolute Gasteiger partial charge is 0.321 e. The molecule has 0 saturated carbocycles. The van der Waals surface area contributed by atoms with Crippen LogP contribution >= 0.6 is 0 Å². The number of aromatic nitrogens is 3. The molecule has 0 aliphatic carbocycles. The predicted octanol–water partition coefficient (Wildman–Crippen LogP) is 3.61. The highest BCUT2D eigenvalue weighted by Crippen LogP contribution is 2.26. The van der Waals surface area contributed by atoms with Gasteiger partial charge in [0.05, 0.1) is 11.6 Å². The van der Waals surface area contributed by atoms with Gasteiger partial charge in [0, 0.05) is 17.8 Å². The van der Waals surface area contributed by atoms with E-state index < -0.39 is 0 Å². The van der Waals surface area contributed by atoms with Crippen LogP contribution in [0.5, 0.6) is 0 Å². The topological polar surface area (TPSA) is 88.5 Å². The zero-order chi connectivity index (χ0) is 17.1. The zero-order valence-corrected chi connectivity index (χ0v) is 13.8. The lowest BCUT2D eigenvalue weighted by atomic mass is 10.0. The van der Waals surface area contributed by atoms with Gasteiger partial charge in [0.15, 0.2) is 5.69 Å². The lowest BCUT2D eigenvalue weighted by molar-refractivity contribution is 0.494. The SMILES string of the molecule is CC(C)CC(N)c1nc(C#N)c2cc(-c3ccncc3)ccc2n1. The summed E-state index contributed by atoms with van der Waals surface area (Å²) in [5.41, 5.74) is 9.34. The van der Waals surface area contributed by atoms with Gasteiger partial charge < -0.3 is 5.73 Å². The van der Waals surface area contributed by atoms with Crippen LogP contribution in [-0.2, 0) is 0 Å². The van der Waals surface area contributed by atoms with Crippen LogP contribution in [0.2, 0.25) is 0 Å². The van der Waals surface area contributed by atoms with Crippen molar-refractivity contribution < 1.29 is 0 Å². The second kappa shape index (κ2) is 6.73. The molecule has 0 saturated heterocycles. The molecule has 0 radical (unpaired) electrons. The van der Waals surface area contributed by atoms with E-state index in [0.29, 0.717) is 17.4 Å². The first-order valence-corrected chi connectivity index (χ1v) is 7.96. The van der Waals surface area contributed by atoms with Crippen LogP contribution in [0.4, 0.5) is 0 Å². The first kappa shape index (κ1) is 16.0. The standard InChI is InChI=1S/C19H19N5/c1-12(2)9-16(21)19-23-17-4-3-14(13-5-7-22-8-6-13)10-15(17)18(11-20)24-19/h3-8,10,12,16H,9,21H2,1-2H3. The fourth-order valence-electron chi connectivity index (χ4n) is 2.73. The average Bonchev–Trinajstić information content (AvgIpc) is 2.60. The molecule has 120 valence electrons. The monoisotopic (exact) mass is 317 g/mol. The summed E-state index contributed by atoms with van der Waals surface area (Å²) >= 11 is 0. The van der Waals surface area contributed by atoms with Gasteiger partial charge in [-0.05, 0) is 47.7 Å². The molecule has 1 aromatic carbocycles. The van der Waals surface area contributed by atoms with Gasteiger partial charge in [-0.25, -0.2) is 9.97 Å². The predicted molar refractivity (Wildman–Crippen MR) is 93.9 cm³/mol. The number of fused-ring (bicyclic) bond motifs is 1. The first-order valence-electron chi connectivity index (χ1n) is 7.96. The van der Waals surface area contributed by atoms with Crippen LogP contribution in [0.25, 0.3) is 22.0 Å². The van der Waals surface area contributed by atoms with Crippen molar-refractivity contribution in [1.82, 2.24) is 15.0 Å². The summed E-state index contributed by atoms with van der Waals surface area (Å²) in [5.74, 6) is 0.975. The molecule has 0 bridgehead atoms. The molecular formula is C19H19N5. The van der Waals surface area contributed by atoms with Crippen molar-refractivity contribution >= 4 is 10.9 Å². The number of nitrogens with zero attached hydrogens (tertiary/aromatic N) is 4. The maximum Gasteiger partial charge on any atom is 0.152 e. The molecule has 5 heteroatoms. The molecule has 5 nitrogen and oxygen atoms in total. The van der Waals surface area contributed by atoms with Crippen LogP contribution in [0.1, 0.15) is 37.8 Å². The molecule has 3 aromatic rings. The van der Waals surface area contributed by atoms with Crippen LogP contribution in [-0.4, -0.2) is 15.0 Å². The highest BCUT2D eigenvalue weighted by atomic mass is 14.9. The highest BCUT2D eigenvalue weighted by molar-refractivity contribution is 5.87. The van der Waals surface area contributed by atoms with Crippen LogP contribution < -0.4 is 5.73 Å². The van der Waals surface area contributed by atoms with Crippen molar-refractivity contribution in [3.8, 4) is 17.2 Å². The molecule has 0 spiro atoms. The third-order valence-corrected chi connectivity index (χ3v) is 3.89. The lowest BCUT2D eigenvalue weighted by Crippen LogP contribution is -2.17. The van der Waals surface area contributed by atoms with Crippen LogP contribution in [0.3, 0.4) is 0 Å². The van der Waals surface area contributed by atoms with E-state index in [2.05, 4.69) is 34.9 Å². The molecule has 1 atom stereocenters. The van der Waals surface area contributed by atoms with Crippen molar-refractivity contribution in [2.75, 3.05) is 0 Å². The van der Waals surface area contributed by atoms with Gasteiger partial charge in [-0.1, -0.05) is 19.9 Å². The van der Waals surface area contributed by atoms with E-state index >= 15 is 0 Å². The Hall–Kier alpha value is -2.84. The van der Waals surface area contributed by atoms with Crippen molar-refractivity contribution in [3.63, 3.8) is 0 Å². The number of nitrogens with two attached hydrogens (primary N) is 1. The number of nitriles is 1. The van der Waals surface area contributed by atoms with E-state index in [9.17, 15) is 5.26 Å². The lowest BCUT2D eigenvalue weighted by Gasteiger charge is -2.14. The normalized spacial score (nSPS) is 12.3. The summed E-state index contributed by atoms with van der Waals surface area (Å²) in [5, 5.41) is 10.2. The van der Waals surface area contributed by atoms with Gasteiger partial charge in [0.25, 0.3) is 0 Å². The smallest absolute Gasteiger partial charge is 0.152 e. The summed E-state index contributed by atoms with van der Waals surface area (Å²) in [7, 11) is 0. The molecule has 2 aromatic heterocycles. The van der Waals surface area contributed by atoms with E-state index in [4.69, 9.17) is 5.73 Å². The van der Waals surface area contributed by atoms with E-state index in [-0.39, 0.29) is 6.04 Å². The maximum absolute atomic E-state index is 9.49. The minimum absolute atomic E-state index is 0.263. The third-order valence-electron chi connectivity index (χ3n) is 3.89. The minimum Gasteiger partial charge on any atom is -0.321 e. The Morgan fingerprint density at radius 1 is 1.08 bits per heavy atom. The highest BCUT2D eigenvalue weighted by Gasteiger charge is 2.15. The Kier molecular flexibility index (Phi) is 4.50. The molecular weight excluding hydrogens is 298 g/mol. The number of pyridine rings is 1. The molecule has 24 heavy (non-hydrogen) atoms. The van der Waals surface area contributed by atoms with Crippen molar-refractivity contribution in [3.05, 3.63) is 54.2 Å². The zero-order valence-electron chi connectivity index (χ0n) is 13.8. The summed E-state index contributed by atoms with van der Waals surface area (Å²) < 4.78 is 0. The van der Waals surface area contributed by atoms with Gasteiger partial charge in [-0.15, -0.1) is 0 Å². The van der Waals surface area contributed by atoms with Crippen molar-refractivity contribution in [1.29, 1.82) is 5.26 Å². The molecule has 0 fully saturated rings. The fourth-order valence-corrected chi connectivity index (χ4v) is 2.73. The second-order valence-corrected chi connectivity index (χ2v) is 6.25. The number of rotatable bonds is 4. The van der Waals surface area contributed by atoms with Crippen molar-refractivity contribution in [2.45, 2.75) is 26.3 Å². The fraction of sp³-hybridized carbons (Fsp3) is 0.263. The van der Waals surface area contributed by atoms with E-state index in [1.165, 1.54) is 0 Å². The molecule has 0 aliphatic heterocycles. The van der Waals surface area contributed by atoms with E-state index in [1.54, 1.807) is 12.4 Å². The molecule has 0 amide bonds. The second-order valence-electron chi connectivity index (χ2n) is 6.25. The molecule has 2 N–H and O–H groups in total. The van der Waals surface area contributed by atoms with Gasteiger partial charge >= 0.3 is 0 Å².